The molecular formula is C22H32O5S. The third-order valence-electron chi connectivity index (χ3n) is 5.04. The lowest BCUT2D eigenvalue weighted by atomic mass is 10.0. The third-order valence-corrected chi connectivity index (χ3v) is 6.81. The van der Waals surface area contributed by atoms with Crippen LogP contribution in [0.5, 0.6) is 0 Å². The lowest BCUT2D eigenvalue weighted by Crippen LogP contribution is -2.35. The van der Waals surface area contributed by atoms with Crippen LogP contribution in [0.2, 0.25) is 0 Å². The molecule has 1 N–H and O–H groups in total. The molecule has 1 aromatic carbocycles. The standard InChI is InChI=1S/C22H32O5S/c1-3-18(2)16-20-11-12-21(17-26-20)27-19(8-7-14-23)13-15-28(24,25)22-9-5-4-6-10-22/h4-6,9-10,19-21,23H,1,7-8,11-17H2,2H3. The zero-order chi connectivity index (χ0) is 20.4. The summed E-state index contributed by atoms with van der Waals surface area (Å²) in [5.74, 6) is 0.0344. The van der Waals surface area contributed by atoms with E-state index in [1.165, 1.54) is 0 Å². The smallest absolute Gasteiger partial charge is 0.178 e. The van der Waals surface area contributed by atoms with E-state index in [1.54, 1.807) is 30.3 Å². The fourth-order valence-corrected chi connectivity index (χ4v) is 4.75. The number of aliphatic hydroxyl groups is 1. The second-order valence-corrected chi connectivity index (χ2v) is 9.47. The predicted molar refractivity (Wildman–Crippen MR) is 110 cm³/mol. The molecule has 1 saturated heterocycles. The molecule has 1 aliphatic heterocycles. The summed E-state index contributed by atoms with van der Waals surface area (Å²) in [6.45, 7) is 6.24. The zero-order valence-electron chi connectivity index (χ0n) is 16.7. The van der Waals surface area contributed by atoms with Gasteiger partial charge in [-0.3, -0.25) is 0 Å². The van der Waals surface area contributed by atoms with Crippen molar-refractivity contribution in [2.24, 2.45) is 0 Å². The van der Waals surface area contributed by atoms with Gasteiger partial charge in [-0.2, -0.15) is 0 Å². The average molecular weight is 409 g/mol. The highest BCUT2D eigenvalue weighted by Crippen LogP contribution is 2.24. The topological polar surface area (TPSA) is 72.8 Å². The van der Waals surface area contributed by atoms with E-state index in [9.17, 15) is 8.42 Å². The SMILES string of the molecule is C=C=C(C)CC1CCC(OC(CCCO)CCS(=O)(=O)c2ccccc2)CO1. The van der Waals surface area contributed by atoms with Crippen LogP contribution in [0.3, 0.4) is 0 Å². The summed E-state index contributed by atoms with van der Waals surface area (Å²) in [7, 11) is -3.34. The minimum absolute atomic E-state index is 0.0344. The van der Waals surface area contributed by atoms with Crippen molar-refractivity contribution < 1.29 is 23.0 Å². The van der Waals surface area contributed by atoms with Gasteiger partial charge in [0, 0.05) is 13.0 Å². The van der Waals surface area contributed by atoms with Gasteiger partial charge in [-0.05, 0) is 56.7 Å². The van der Waals surface area contributed by atoms with Gasteiger partial charge in [0.2, 0.25) is 0 Å². The number of ether oxygens (including phenoxy) is 2. The van der Waals surface area contributed by atoms with Gasteiger partial charge in [-0.25, -0.2) is 8.42 Å². The normalized spacial score (nSPS) is 21.1. The summed E-state index contributed by atoms with van der Waals surface area (Å²) in [5.41, 5.74) is 3.99. The Bertz CT molecular complexity index is 729. The summed E-state index contributed by atoms with van der Waals surface area (Å²) < 4.78 is 37.1. The van der Waals surface area contributed by atoms with E-state index in [0.29, 0.717) is 30.8 Å². The van der Waals surface area contributed by atoms with Crippen LogP contribution in [0.4, 0.5) is 0 Å². The van der Waals surface area contributed by atoms with E-state index in [2.05, 4.69) is 12.3 Å². The number of sulfone groups is 1. The minimum atomic E-state index is -3.34. The average Bonchev–Trinajstić information content (AvgIpc) is 2.72. The molecule has 0 aliphatic carbocycles. The molecule has 0 radical (unpaired) electrons. The van der Waals surface area contributed by atoms with E-state index < -0.39 is 9.84 Å². The maximum atomic E-state index is 12.5. The van der Waals surface area contributed by atoms with Gasteiger partial charge in [0.25, 0.3) is 0 Å². The first-order chi connectivity index (χ1) is 13.4. The van der Waals surface area contributed by atoms with E-state index in [0.717, 1.165) is 24.8 Å². The van der Waals surface area contributed by atoms with Gasteiger partial charge in [-0.1, -0.05) is 24.8 Å². The van der Waals surface area contributed by atoms with Crippen molar-refractivity contribution in [3.63, 3.8) is 0 Å². The molecule has 0 bridgehead atoms. The molecule has 1 fully saturated rings. The first-order valence-corrected chi connectivity index (χ1v) is 11.6. The van der Waals surface area contributed by atoms with Crippen LogP contribution >= 0.6 is 0 Å². The first kappa shape index (κ1) is 22.9. The van der Waals surface area contributed by atoms with Gasteiger partial charge in [-0.15, -0.1) is 5.73 Å². The van der Waals surface area contributed by atoms with E-state index in [-0.39, 0.29) is 30.7 Å². The maximum Gasteiger partial charge on any atom is 0.178 e. The van der Waals surface area contributed by atoms with Crippen LogP contribution < -0.4 is 0 Å². The number of benzene rings is 1. The second-order valence-electron chi connectivity index (χ2n) is 7.36. The van der Waals surface area contributed by atoms with E-state index in [4.69, 9.17) is 14.6 Å². The molecule has 3 atom stereocenters. The van der Waals surface area contributed by atoms with Crippen molar-refractivity contribution in [2.45, 2.75) is 68.7 Å². The molecule has 2 rings (SSSR count). The molecule has 0 spiro atoms. The highest BCUT2D eigenvalue weighted by molar-refractivity contribution is 7.91. The monoisotopic (exact) mass is 408 g/mol. The van der Waals surface area contributed by atoms with Crippen LogP contribution in [0.1, 0.15) is 45.4 Å². The van der Waals surface area contributed by atoms with Crippen molar-refractivity contribution in [1.82, 2.24) is 0 Å². The van der Waals surface area contributed by atoms with Crippen LogP contribution in [0.25, 0.3) is 0 Å². The Morgan fingerprint density at radius 2 is 2.07 bits per heavy atom. The molecule has 5 nitrogen and oxygen atoms in total. The summed E-state index contributed by atoms with van der Waals surface area (Å²) in [5, 5.41) is 9.16. The van der Waals surface area contributed by atoms with Gasteiger partial charge < -0.3 is 14.6 Å². The minimum Gasteiger partial charge on any atom is -0.396 e. The third kappa shape index (κ3) is 7.53. The molecule has 1 heterocycles. The number of hydrogen-bond donors (Lipinski definition) is 1. The van der Waals surface area contributed by atoms with Crippen molar-refractivity contribution in [3.8, 4) is 0 Å². The lowest BCUT2D eigenvalue weighted by Gasteiger charge is -2.32. The van der Waals surface area contributed by atoms with E-state index >= 15 is 0 Å². The molecule has 0 amide bonds. The molecule has 1 aromatic rings. The van der Waals surface area contributed by atoms with Gasteiger partial charge in [0.1, 0.15) is 0 Å². The lowest BCUT2D eigenvalue weighted by molar-refractivity contribution is -0.112. The first-order valence-electron chi connectivity index (χ1n) is 9.96. The summed E-state index contributed by atoms with van der Waals surface area (Å²) in [6, 6.07) is 8.49. The van der Waals surface area contributed by atoms with Crippen molar-refractivity contribution >= 4 is 9.84 Å². The Balaban J connectivity index is 1.87. The molecule has 156 valence electrons. The van der Waals surface area contributed by atoms with Crippen LogP contribution in [0.15, 0.2) is 53.1 Å². The quantitative estimate of drug-likeness (QED) is 0.566. The predicted octanol–water partition coefficient (Wildman–Crippen LogP) is 3.68. The Hall–Kier alpha value is -1.43. The number of aliphatic hydroxyl groups excluding tert-OH is 1. The number of rotatable bonds is 11. The largest absolute Gasteiger partial charge is 0.396 e. The molecule has 0 aromatic heterocycles. The van der Waals surface area contributed by atoms with Crippen molar-refractivity contribution in [3.05, 3.63) is 48.2 Å². The van der Waals surface area contributed by atoms with Gasteiger partial charge in [0.15, 0.2) is 9.84 Å². The Kier molecular flexibility index (Phi) is 9.42. The molecule has 1 aliphatic rings. The Morgan fingerprint density at radius 3 is 2.68 bits per heavy atom. The maximum absolute atomic E-state index is 12.5. The summed E-state index contributed by atoms with van der Waals surface area (Å²) in [6.07, 6.45) is 4.19. The Labute approximate surface area is 169 Å². The van der Waals surface area contributed by atoms with Crippen LogP contribution in [-0.2, 0) is 19.3 Å². The second kappa shape index (κ2) is 11.5. The zero-order valence-corrected chi connectivity index (χ0v) is 17.5. The van der Waals surface area contributed by atoms with Crippen LogP contribution in [0, 0.1) is 0 Å². The van der Waals surface area contributed by atoms with Crippen LogP contribution in [-0.4, -0.2) is 50.8 Å². The van der Waals surface area contributed by atoms with Gasteiger partial charge >= 0.3 is 0 Å². The highest BCUT2D eigenvalue weighted by Gasteiger charge is 2.26. The van der Waals surface area contributed by atoms with Crippen molar-refractivity contribution in [1.29, 1.82) is 0 Å². The molecular weight excluding hydrogens is 376 g/mol. The summed E-state index contributed by atoms with van der Waals surface area (Å²) in [4.78, 5) is 0.338. The van der Waals surface area contributed by atoms with Crippen molar-refractivity contribution in [2.75, 3.05) is 19.0 Å². The molecule has 6 heteroatoms. The Morgan fingerprint density at radius 1 is 1.32 bits per heavy atom. The fourth-order valence-electron chi connectivity index (χ4n) is 3.37. The number of hydrogen-bond acceptors (Lipinski definition) is 5. The van der Waals surface area contributed by atoms with Gasteiger partial charge in [0.05, 0.1) is 35.6 Å². The highest BCUT2D eigenvalue weighted by atomic mass is 32.2. The van der Waals surface area contributed by atoms with E-state index in [1.807, 2.05) is 6.92 Å². The molecule has 28 heavy (non-hydrogen) atoms. The summed E-state index contributed by atoms with van der Waals surface area (Å²) >= 11 is 0. The fraction of sp³-hybridized carbons (Fsp3) is 0.591. The molecule has 3 unspecified atom stereocenters. The molecule has 0 saturated carbocycles.